The molecular formula is C16H19N3O2. The summed E-state index contributed by atoms with van der Waals surface area (Å²) in [5.41, 5.74) is 8.94. The molecule has 3 N–H and O–H groups in total. The van der Waals surface area contributed by atoms with E-state index >= 15 is 0 Å². The van der Waals surface area contributed by atoms with Crippen molar-refractivity contribution in [3.05, 3.63) is 53.2 Å². The Kier molecular flexibility index (Phi) is 4.77. The highest BCUT2D eigenvalue weighted by Crippen LogP contribution is 2.21. The van der Waals surface area contributed by atoms with Crippen LogP contribution in [0.15, 0.2) is 36.5 Å². The first-order valence-corrected chi connectivity index (χ1v) is 6.82. The summed E-state index contributed by atoms with van der Waals surface area (Å²) >= 11 is 0. The number of aryl methyl sites for hydroxylation is 1. The van der Waals surface area contributed by atoms with Crippen LogP contribution >= 0.6 is 0 Å². The number of aromatic nitrogens is 1. The van der Waals surface area contributed by atoms with E-state index in [1.165, 1.54) is 5.56 Å². The molecule has 0 spiro atoms. The molecule has 0 radical (unpaired) electrons. The van der Waals surface area contributed by atoms with Crippen molar-refractivity contribution in [2.75, 3.05) is 17.7 Å². The first-order valence-electron chi connectivity index (χ1n) is 6.82. The van der Waals surface area contributed by atoms with Gasteiger partial charge in [0.05, 0.1) is 17.9 Å². The fourth-order valence-electron chi connectivity index (χ4n) is 2.01. The highest BCUT2D eigenvalue weighted by atomic mass is 16.5. The molecule has 1 heterocycles. The Hall–Kier alpha value is -2.56. The molecule has 1 aromatic carbocycles. The van der Waals surface area contributed by atoms with Crippen molar-refractivity contribution >= 4 is 17.5 Å². The predicted octanol–water partition coefficient (Wildman–Crippen LogP) is 2.76. The summed E-state index contributed by atoms with van der Waals surface area (Å²) < 4.78 is 4.97. The summed E-state index contributed by atoms with van der Waals surface area (Å²) in [5, 5.41) is 3.15. The maximum absolute atomic E-state index is 11.8. The van der Waals surface area contributed by atoms with Crippen LogP contribution in [0.2, 0.25) is 0 Å². The third-order valence-electron chi connectivity index (χ3n) is 3.03. The number of esters is 1. The van der Waals surface area contributed by atoms with E-state index in [9.17, 15) is 4.79 Å². The molecule has 0 atom stereocenters. The molecule has 0 fully saturated rings. The minimum atomic E-state index is -0.434. The Balaban J connectivity index is 2.13. The van der Waals surface area contributed by atoms with Gasteiger partial charge in [-0.2, -0.15) is 0 Å². The second-order valence-electron chi connectivity index (χ2n) is 4.68. The Morgan fingerprint density at radius 2 is 2.19 bits per heavy atom. The number of nitrogen functional groups attached to an aromatic ring is 1. The number of carbonyl (C=O) groups is 1. The molecule has 2 aromatic rings. The van der Waals surface area contributed by atoms with E-state index in [0.29, 0.717) is 30.2 Å². The molecule has 110 valence electrons. The Labute approximate surface area is 124 Å². The number of ether oxygens (including phenoxy) is 1. The average Bonchev–Trinajstić information content (AvgIpc) is 2.46. The maximum atomic E-state index is 11.8. The van der Waals surface area contributed by atoms with Gasteiger partial charge < -0.3 is 15.8 Å². The Bertz CT molecular complexity index is 641. The van der Waals surface area contributed by atoms with Gasteiger partial charge in [0.1, 0.15) is 5.82 Å². The molecule has 5 nitrogen and oxygen atoms in total. The second kappa shape index (κ2) is 6.74. The lowest BCUT2D eigenvalue weighted by Gasteiger charge is -2.11. The van der Waals surface area contributed by atoms with E-state index in [1.54, 1.807) is 19.2 Å². The number of nitrogens with two attached hydrogens (primary N) is 1. The summed E-state index contributed by atoms with van der Waals surface area (Å²) in [4.78, 5) is 16.0. The van der Waals surface area contributed by atoms with Crippen LogP contribution < -0.4 is 11.1 Å². The first kappa shape index (κ1) is 14.8. The number of nitrogens with zero attached hydrogens (tertiary/aromatic N) is 1. The Morgan fingerprint density at radius 1 is 1.38 bits per heavy atom. The van der Waals surface area contributed by atoms with Crippen molar-refractivity contribution in [1.82, 2.24) is 4.98 Å². The molecule has 0 aliphatic rings. The zero-order valence-corrected chi connectivity index (χ0v) is 12.2. The number of anilines is 2. The van der Waals surface area contributed by atoms with Gasteiger partial charge in [0.25, 0.3) is 0 Å². The molecular weight excluding hydrogens is 266 g/mol. The number of hydrogen-bond acceptors (Lipinski definition) is 5. The van der Waals surface area contributed by atoms with Gasteiger partial charge in [0.15, 0.2) is 0 Å². The average molecular weight is 285 g/mol. The van der Waals surface area contributed by atoms with Crippen molar-refractivity contribution in [2.45, 2.75) is 20.4 Å². The van der Waals surface area contributed by atoms with Crippen LogP contribution in [0, 0.1) is 6.92 Å². The first-order chi connectivity index (χ1) is 10.1. The molecule has 0 amide bonds. The van der Waals surface area contributed by atoms with E-state index in [1.807, 2.05) is 25.1 Å². The zero-order valence-electron chi connectivity index (χ0n) is 12.2. The standard InChI is InChI=1S/C16H19N3O2/c1-3-21-16(20)13-7-8-18-15(14(13)17)19-10-12-6-4-5-11(2)9-12/h4-9H,3,10,17H2,1-2H3,(H,18,19). The molecule has 21 heavy (non-hydrogen) atoms. The lowest BCUT2D eigenvalue weighted by molar-refractivity contribution is 0.0527. The van der Waals surface area contributed by atoms with Gasteiger partial charge in [0, 0.05) is 12.7 Å². The van der Waals surface area contributed by atoms with Gasteiger partial charge in [-0.15, -0.1) is 0 Å². The second-order valence-corrected chi connectivity index (χ2v) is 4.68. The number of carbonyl (C=O) groups excluding carboxylic acids is 1. The van der Waals surface area contributed by atoms with E-state index in [-0.39, 0.29) is 0 Å². The summed E-state index contributed by atoms with van der Waals surface area (Å²) in [6.07, 6.45) is 1.54. The monoisotopic (exact) mass is 285 g/mol. The summed E-state index contributed by atoms with van der Waals surface area (Å²) in [7, 11) is 0. The van der Waals surface area contributed by atoms with Crippen LogP contribution in [-0.4, -0.2) is 17.6 Å². The fraction of sp³-hybridized carbons (Fsp3) is 0.250. The quantitative estimate of drug-likeness (QED) is 0.826. The van der Waals surface area contributed by atoms with Gasteiger partial charge in [0.2, 0.25) is 0 Å². The van der Waals surface area contributed by atoms with Crippen molar-refractivity contribution in [3.63, 3.8) is 0 Å². The smallest absolute Gasteiger partial charge is 0.340 e. The predicted molar refractivity (Wildman–Crippen MR) is 83.1 cm³/mol. The molecule has 1 aromatic heterocycles. The summed E-state index contributed by atoms with van der Waals surface area (Å²) in [6.45, 7) is 4.70. The fourth-order valence-corrected chi connectivity index (χ4v) is 2.01. The molecule has 5 heteroatoms. The topological polar surface area (TPSA) is 77.2 Å². The molecule has 2 rings (SSSR count). The van der Waals surface area contributed by atoms with Crippen molar-refractivity contribution < 1.29 is 9.53 Å². The third kappa shape index (κ3) is 3.72. The van der Waals surface area contributed by atoms with Gasteiger partial charge in [-0.1, -0.05) is 29.8 Å². The third-order valence-corrected chi connectivity index (χ3v) is 3.03. The van der Waals surface area contributed by atoms with Gasteiger partial charge >= 0.3 is 5.97 Å². The van der Waals surface area contributed by atoms with E-state index in [0.717, 1.165) is 5.56 Å². The van der Waals surface area contributed by atoms with E-state index in [2.05, 4.69) is 16.4 Å². The molecule has 0 bridgehead atoms. The summed E-state index contributed by atoms with van der Waals surface area (Å²) in [6, 6.07) is 9.70. The SMILES string of the molecule is CCOC(=O)c1ccnc(NCc2cccc(C)c2)c1N. The lowest BCUT2D eigenvalue weighted by Crippen LogP contribution is -2.12. The van der Waals surface area contributed by atoms with Gasteiger partial charge in [-0.05, 0) is 25.5 Å². The molecule has 0 saturated carbocycles. The van der Waals surface area contributed by atoms with E-state index < -0.39 is 5.97 Å². The van der Waals surface area contributed by atoms with Crippen LogP contribution in [0.3, 0.4) is 0 Å². The van der Waals surface area contributed by atoms with Crippen LogP contribution in [0.25, 0.3) is 0 Å². The number of rotatable bonds is 5. The van der Waals surface area contributed by atoms with Gasteiger partial charge in [-0.25, -0.2) is 9.78 Å². The normalized spacial score (nSPS) is 10.2. The minimum Gasteiger partial charge on any atom is -0.462 e. The largest absolute Gasteiger partial charge is 0.462 e. The maximum Gasteiger partial charge on any atom is 0.340 e. The number of nitrogens with one attached hydrogen (secondary N) is 1. The van der Waals surface area contributed by atoms with Crippen LogP contribution in [0.4, 0.5) is 11.5 Å². The van der Waals surface area contributed by atoms with Crippen LogP contribution in [-0.2, 0) is 11.3 Å². The van der Waals surface area contributed by atoms with Crippen LogP contribution in [0.5, 0.6) is 0 Å². The van der Waals surface area contributed by atoms with E-state index in [4.69, 9.17) is 10.5 Å². The molecule has 0 aliphatic carbocycles. The molecule has 0 saturated heterocycles. The van der Waals surface area contributed by atoms with Crippen molar-refractivity contribution in [1.29, 1.82) is 0 Å². The van der Waals surface area contributed by atoms with Crippen molar-refractivity contribution in [3.8, 4) is 0 Å². The summed E-state index contributed by atoms with van der Waals surface area (Å²) in [5.74, 6) is 0.0538. The lowest BCUT2D eigenvalue weighted by atomic mass is 10.1. The van der Waals surface area contributed by atoms with Crippen LogP contribution in [0.1, 0.15) is 28.4 Å². The highest BCUT2D eigenvalue weighted by Gasteiger charge is 2.14. The van der Waals surface area contributed by atoms with Crippen molar-refractivity contribution in [2.24, 2.45) is 0 Å². The number of benzene rings is 1. The number of pyridine rings is 1. The zero-order chi connectivity index (χ0) is 15.2. The molecule has 0 aliphatic heterocycles. The highest BCUT2D eigenvalue weighted by molar-refractivity contribution is 5.97. The minimum absolute atomic E-state index is 0.309. The number of hydrogen-bond donors (Lipinski definition) is 2. The molecule has 0 unspecified atom stereocenters. The Morgan fingerprint density at radius 3 is 2.90 bits per heavy atom. The van der Waals surface area contributed by atoms with Gasteiger partial charge in [-0.3, -0.25) is 0 Å².